The van der Waals surface area contributed by atoms with Crippen molar-refractivity contribution in [2.24, 2.45) is 0 Å². The van der Waals surface area contributed by atoms with Gasteiger partial charge >= 0.3 is 0 Å². The molecule has 0 aliphatic heterocycles. The van der Waals surface area contributed by atoms with Crippen LogP contribution in [0.3, 0.4) is 0 Å². The first-order valence-electron chi connectivity index (χ1n) is 4.91. The van der Waals surface area contributed by atoms with Gasteiger partial charge in [0.05, 0.1) is 12.2 Å². The minimum Gasteiger partial charge on any atom is -0.340 e. The van der Waals surface area contributed by atoms with E-state index in [0.717, 1.165) is 11.4 Å². The van der Waals surface area contributed by atoms with Gasteiger partial charge in [-0.3, -0.25) is 9.78 Å². The molecular formula is C11H16N2OS. The molecule has 82 valence electrons. The monoisotopic (exact) mass is 224 g/mol. The quantitative estimate of drug-likeness (QED) is 0.789. The van der Waals surface area contributed by atoms with Gasteiger partial charge in [0.15, 0.2) is 0 Å². The second-order valence-electron chi connectivity index (χ2n) is 3.49. The number of aryl methyl sites for hydroxylation is 1. The van der Waals surface area contributed by atoms with Crippen molar-refractivity contribution in [1.29, 1.82) is 0 Å². The Balaban J connectivity index is 2.58. The van der Waals surface area contributed by atoms with Crippen LogP contribution in [0.5, 0.6) is 0 Å². The summed E-state index contributed by atoms with van der Waals surface area (Å²) in [7, 11) is 1.79. The highest BCUT2D eigenvalue weighted by atomic mass is 32.1. The van der Waals surface area contributed by atoms with E-state index in [-0.39, 0.29) is 5.91 Å². The Labute approximate surface area is 95.9 Å². The molecule has 0 unspecified atom stereocenters. The fourth-order valence-electron chi connectivity index (χ4n) is 1.31. The van der Waals surface area contributed by atoms with E-state index in [1.807, 2.05) is 25.1 Å². The number of hydrogen-bond acceptors (Lipinski definition) is 3. The van der Waals surface area contributed by atoms with E-state index in [1.54, 1.807) is 11.9 Å². The first kappa shape index (κ1) is 12.0. The summed E-state index contributed by atoms with van der Waals surface area (Å²) in [4.78, 5) is 17.5. The number of aromatic nitrogens is 1. The fraction of sp³-hybridized carbons (Fsp3) is 0.455. The molecule has 0 saturated heterocycles. The standard InChI is InChI=1S/C11H16N2OS/c1-9-4-3-5-10(12-9)8-13(2)11(14)6-7-15/h3-5,15H,6-8H2,1-2H3. The van der Waals surface area contributed by atoms with Crippen LogP contribution in [0.4, 0.5) is 0 Å². The van der Waals surface area contributed by atoms with Crippen molar-refractivity contribution in [3.8, 4) is 0 Å². The minimum atomic E-state index is 0.105. The van der Waals surface area contributed by atoms with Gasteiger partial charge in [0.1, 0.15) is 0 Å². The van der Waals surface area contributed by atoms with Crippen LogP contribution in [-0.4, -0.2) is 28.6 Å². The molecule has 15 heavy (non-hydrogen) atoms. The van der Waals surface area contributed by atoms with Crippen molar-refractivity contribution in [1.82, 2.24) is 9.88 Å². The van der Waals surface area contributed by atoms with Gasteiger partial charge in [0, 0.05) is 19.2 Å². The molecule has 1 rings (SSSR count). The van der Waals surface area contributed by atoms with Crippen LogP contribution in [0.2, 0.25) is 0 Å². The van der Waals surface area contributed by atoms with Crippen LogP contribution in [0.1, 0.15) is 17.8 Å². The zero-order chi connectivity index (χ0) is 11.3. The molecule has 0 N–H and O–H groups in total. The molecule has 1 aromatic rings. The zero-order valence-corrected chi connectivity index (χ0v) is 10.00. The van der Waals surface area contributed by atoms with Gasteiger partial charge in [-0.2, -0.15) is 12.6 Å². The number of carbonyl (C=O) groups is 1. The maximum Gasteiger partial charge on any atom is 0.223 e. The highest BCUT2D eigenvalue weighted by molar-refractivity contribution is 7.80. The third kappa shape index (κ3) is 3.91. The van der Waals surface area contributed by atoms with Crippen LogP contribution >= 0.6 is 12.6 Å². The van der Waals surface area contributed by atoms with Gasteiger partial charge in [0.25, 0.3) is 0 Å². The van der Waals surface area contributed by atoms with E-state index in [2.05, 4.69) is 17.6 Å². The Hall–Kier alpha value is -1.03. The van der Waals surface area contributed by atoms with E-state index in [4.69, 9.17) is 0 Å². The van der Waals surface area contributed by atoms with Crippen LogP contribution in [-0.2, 0) is 11.3 Å². The molecule has 0 radical (unpaired) electrons. The van der Waals surface area contributed by atoms with Crippen LogP contribution < -0.4 is 0 Å². The Morgan fingerprint density at radius 3 is 2.87 bits per heavy atom. The Morgan fingerprint density at radius 2 is 2.27 bits per heavy atom. The minimum absolute atomic E-state index is 0.105. The third-order valence-electron chi connectivity index (χ3n) is 2.10. The predicted molar refractivity (Wildman–Crippen MR) is 63.9 cm³/mol. The Morgan fingerprint density at radius 1 is 1.53 bits per heavy atom. The SMILES string of the molecule is Cc1cccc(CN(C)C(=O)CCS)n1. The van der Waals surface area contributed by atoms with Gasteiger partial charge in [-0.25, -0.2) is 0 Å². The van der Waals surface area contributed by atoms with Crippen LogP contribution in [0.15, 0.2) is 18.2 Å². The number of nitrogens with zero attached hydrogens (tertiary/aromatic N) is 2. The molecule has 0 atom stereocenters. The van der Waals surface area contributed by atoms with E-state index in [9.17, 15) is 4.79 Å². The molecule has 0 aromatic carbocycles. The highest BCUT2D eigenvalue weighted by Crippen LogP contribution is 2.03. The van der Waals surface area contributed by atoms with Gasteiger partial charge in [-0.05, 0) is 24.8 Å². The second kappa shape index (κ2) is 5.75. The van der Waals surface area contributed by atoms with E-state index >= 15 is 0 Å². The lowest BCUT2D eigenvalue weighted by atomic mass is 10.3. The van der Waals surface area contributed by atoms with E-state index in [0.29, 0.717) is 18.7 Å². The lowest BCUT2D eigenvalue weighted by Gasteiger charge is -2.16. The Kier molecular flexibility index (Phi) is 4.62. The zero-order valence-electron chi connectivity index (χ0n) is 9.10. The number of hydrogen-bond donors (Lipinski definition) is 1. The van der Waals surface area contributed by atoms with Crippen molar-refractivity contribution in [3.05, 3.63) is 29.6 Å². The molecule has 3 nitrogen and oxygen atoms in total. The molecule has 1 amide bonds. The molecule has 1 heterocycles. The predicted octanol–water partition coefficient (Wildman–Crippen LogP) is 1.67. The van der Waals surface area contributed by atoms with Crippen LogP contribution in [0.25, 0.3) is 0 Å². The molecule has 4 heteroatoms. The van der Waals surface area contributed by atoms with Gasteiger partial charge in [-0.15, -0.1) is 0 Å². The summed E-state index contributed by atoms with van der Waals surface area (Å²) < 4.78 is 0. The molecule has 0 bridgehead atoms. The largest absolute Gasteiger partial charge is 0.340 e. The number of amides is 1. The summed E-state index contributed by atoms with van der Waals surface area (Å²) in [5.74, 6) is 0.693. The Bertz CT molecular complexity index is 341. The maximum absolute atomic E-state index is 11.5. The first-order valence-corrected chi connectivity index (χ1v) is 5.54. The number of rotatable bonds is 4. The molecule has 0 aliphatic carbocycles. The third-order valence-corrected chi connectivity index (χ3v) is 2.32. The molecule has 0 fully saturated rings. The van der Waals surface area contributed by atoms with Crippen molar-refractivity contribution < 1.29 is 4.79 Å². The summed E-state index contributed by atoms with van der Waals surface area (Å²) in [5, 5.41) is 0. The normalized spacial score (nSPS) is 10.1. The summed E-state index contributed by atoms with van der Waals surface area (Å²) >= 11 is 4.03. The molecule has 0 spiro atoms. The average Bonchev–Trinajstić information content (AvgIpc) is 2.18. The number of thiol groups is 1. The lowest BCUT2D eigenvalue weighted by Crippen LogP contribution is -2.26. The van der Waals surface area contributed by atoms with Crippen molar-refractivity contribution in [2.75, 3.05) is 12.8 Å². The van der Waals surface area contributed by atoms with Gasteiger partial charge in [0.2, 0.25) is 5.91 Å². The smallest absolute Gasteiger partial charge is 0.223 e. The van der Waals surface area contributed by atoms with Crippen molar-refractivity contribution in [3.63, 3.8) is 0 Å². The average molecular weight is 224 g/mol. The van der Waals surface area contributed by atoms with Crippen molar-refractivity contribution >= 4 is 18.5 Å². The molecule has 0 saturated carbocycles. The summed E-state index contributed by atoms with van der Waals surface area (Å²) in [6, 6.07) is 5.82. The number of pyridine rings is 1. The number of carbonyl (C=O) groups excluding carboxylic acids is 1. The summed E-state index contributed by atoms with van der Waals surface area (Å²) in [6.45, 7) is 2.51. The molecular weight excluding hydrogens is 208 g/mol. The van der Waals surface area contributed by atoms with Gasteiger partial charge < -0.3 is 4.90 Å². The molecule has 1 aromatic heterocycles. The maximum atomic E-state index is 11.5. The highest BCUT2D eigenvalue weighted by Gasteiger charge is 2.08. The fourth-order valence-corrected chi connectivity index (χ4v) is 1.50. The lowest BCUT2D eigenvalue weighted by molar-refractivity contribution is -0.130. The van der Waals surface area contributed by atoms with E-state index in [1.165, 1.54) is 0 Å². The second-order valence-corrected chi connectivity index (χ2v) is 3.94. The first-order chi connectivity index (χ1) is 7.13. The van der Waals surface area contributed by atoms with Crippen LogP contribution in [0, 0.1) is 6.92 Å². The summed E-state index contributed by atoms with van der Waals surface area (Å²) in [5.41, 5.74) is 1.90. The summed E-state index contributed by atoms with van der Waals surface area (Å²) in [6.07, 6.45) is 0.478. The van der Waals surface area contributed by atoms with E-state index < -0.39 is 0 Å². The molecule has 0 aliphatic rings. The van der Waals surface area contributed by atoms with Crippen molar-refractivity contribution in [2.45, 2.75) is 19.9 Å². The van der Waals surface area contributed by atoms with Gasteiger partial charge in [-0.1, -0.05) is 6.07 Å². The topological polar surface area (TPSA) is 33.2 Å².